The van der Waals surface area contributed by atoms with Gasteiger partial charge in [0.2, 0.25) is 0 Å². The predicted octanol–water partition coefficient (Wildman–Crippen LogP) is 2.35. The first-order valence-electron chi connectivity index (χ1n) is 10.8. The van der Waals surface area contributed by atoms with Gasteiger partial charge in [0.05, 0.1) is 7.11 Å². The van der Waals surface area contributed by atoms with Crippen molar-refractivity contribution in [3.05, 3.63) is 23.8 Å². The zero-order valence-electron chi connectivity index (χ0n) is 18.0. The monoisotopic (exact) mass is 393 g/mol. The van der Waals surface area contributed by atoms with Crippen molar-refractivity contribution in [2.24, 2.45) is 0 Å². The maximum absolute atomic E-state index is 10.2. The molecule has 6 heteroatoms. The highest BCUT2D eigenvalue weighted by molar-refractivity contribution is 5.43. The van der Waals surface area contributed by atoms with Crippen LogP contribution in [0.3, 0.4) is 0 Å². The lowest BCUT2D eigenvalue weighted by Gasteiger charge is -2.26. The number of rotatable bonds is 13. The van der Waals surface area contributed by atoms with E-state index in [1.165, 1.54) is 37.9 Å². The van der Waals surface area contributed by atoms with Crippen molar-refractivity contribution in [1.29, 1.82) is 0 Å². The Hall–Kier alpha value is -1.34. The molecule has 0 radical (unpaired) electrons. The average Bonchev–Trinajstić information content (AvgIpc) is 2.74. The summed E-state index contributed by atoms with van der Waals surface area (Å²) in [6.45, 7) is 12.3. The summed E-state index contributed by atoms with van der Waals surface area (Å²) in [5.74, 6) is 1.39. The van der Waals surface area contributed by atoms with Gasteiger partial charge < -0.3 is 29.7 Å². The number of hydrogen-bond donors (Lipinski definition) is 2. The second kappa shape index (κ2) is 13.0. The van der Waals surface area contributed by atoms with Gasteiger partial charge in [-0.3, -0.25) is 0 Å². The van der Waals surface area contributed by atoms with Gasteiger partial charge in [0.1, 0.15) is 12.7 Å². The number of nitrogens with zero attached hydrogens (tertiary/aromatic N) is 2. The number of benzene rings is 1. The van der Waals surface area contributed by atoms with E-state index in [1.807, 2.05) is 12.1 Å². The van der Waals surface area contributed by atoms with E-state index in [-0.39, 0.29) is 6.61 Å². The van der Waals surface area contributed by atoms with Crippen LogP contribution < -0.4 is 14.8 Å². The molecule has 6 nitrogen and oxygen atoms in total. The quantitative estimate of drug-likeness (QED) is 0.502. The summed E-state index contributed by atoms with van der Waals surface area (Å²) in [5.41, 5.74) is 1.17. The molecule has 1 aliphatic heterocycles. The van der Waals surface area contributed by atoms with Crippen molar-refractivity contribution >= 4 is 0 Å². The van der Waals surface area contributed by atoms with Crippen LogP contribution in [0.15, 0.2) is 18.2 Å². The Morgan fingerprint density at radius 3 is 2.57 bits per heavy atom. The Bertz CT molecular complexity index is 546. The zero-order chi connectivity index (χ0) is 20.2. The van der Waals surface area contributed by atoms with E-state index in [9.17, 15) is 5.11 Å². The molecule has 0 aliphatic carbocycles. The van der Waals surface area contributed by atoms with Crippen LogP contribution >= 0.6 is 0 Å². The minimum Gasteiger partial charge on any atom is -0.493 e. The van der Waals surface area contributed by atoms with E-state index >= 15 is 0 Å². The van der Waals surface area contributed by atoms with Crippen LogP contribution in [0.25, 0.3) is 0 Å². The molecule has 28 heavy (non-hydrogen) atoms. The van der Waals surface area contributed by atoms with Crippen molar-refractivity contribution in [1.82, 2.24) is 15.1 Å². The summed E-state index contributed by atoms with van der Waals surface area (Å²) in [7, 11) is 1.65. The molecule has 1 fully saturated rings. The van der Waals surface area contributed by atoms with Gasteiger partial charge in [0, 0.05) is 26.2 Å². The summed E-state index contributed by atoms with van der Waals surface area (Å²) in [5, 5.41) is 13.7. The Kier molecular flexibility index (Phi) is 10.6. The molecule has 0 unspecified atom stereocenters. The molecule has 1 saturated heterocycles. The van der Waals surface area contributed by atoms with Crippen LogP contribution in [-0.2, 0) is 6.54 Å². The van der Waals surface area contributed by atoms with Crippen LogP contribution in [0.4, 0.5) is 0 Å². The van der Waals surface area contributed by atoms with Crippen LogP contribution in [0, 0.1) is 0 Å². The highest BCUT2D eigenvalue weighted by Gasteiger charge is 2.13. The molecular formula is C22H39N3O3. The molecule has 2 N–H and O–H groups in total. The van der Waals surface area contributed by atoms with Crippen LogP contribution in [0.1, 0.15) is 38.7 Å². The Labute approximate surface area is 170 Å². The first-order valence-corrected chi connectivity index (χ1v) is 10.8. The molecule has 1 atom stereocenters. The number of ether oxygens (including phenoxy) is 2. The van der Waals surface area contributed by atoms with Crippen molar-refractivity contribution in [2.75, 3.05) is 59.5 Å². The zero-order valence-corrected chi connectivity index (χ0v) is 18.0. The fourth-order valence-corrected chi connectivity index (χ4v) is 3.61. The van der Waals surface area contributed by atoms with Crippen molar-refractivity contribution in [2.45, 2.75) is 45.8 Å². The number of piperidine rings is 1. The lowest BCUT2D eigenvalue weighted by molar-refractivity contribution is 0.0705. The minimum atomic E-state index is -0.513. The maximum atomic E-state index is 10.2. The van der Waals surface area contributed by atoms with E-state index in [1.54, 1.807) is 7.11 Å². The van der Waals surface area contributed by atoms with Crippen molar-refractivity contribution < 1.29 is 14.6 Å². The molecule has 0 bridgehead atoms. The summed E-state index contributed by atoms with van der Waals surface area (Å²) in [6, 6.07) is 6.01. The number of aliphatic hydroxyl groups is 1. The van der Waals surface area contributed by atoms with Gasteiger partial charge in [-0.2, -0.15) is 0 Å². The first kappa shape index (κ1) is 22.9. The Morgan fingerprint density at radius 1 is 1.14 bits per heavy atom. The fraction of sp³-hybridized carbons (Fsp3) is 0.727. The molecule has 160 valence electrons. The van der Waals surface area contributed by atoms with Crippen molar-refractivity contribution in [3.63, 3.8) is 0 Å². The summed E-state index contributed by atoms with van der Waals surface area (Å²) < 4.78 is 11.3. The van der Waals surface area contributed by atoms with Gasteiger partial charge in [0.15, 0.2) is 11.5 Å². The highest BCUT2D eigenvalue weighted by Crippen LogP contribution is 2.28. The maximum Gasteiger partial charge on any atom is 0.161 e. The van der Waals surface area contributed by atoms with E-state index in [0.29, 0.717) is 18.0 Å². The molecule has 1 aliphatic rings. The topological polar surface area (TPSA) is 57.2 Å². The van der Waals surface area contributed by atoms with E-state index < -0.39 is 6.10 Å². The third kappa shape index (κ3) is 7.95. The number of likely N-dealkylation sites (N-methyl/N-ethyl adjacent to an activating group) is 1. The van der Waals surface area contributed by atoms with Crippen molar-refractivity contribution in [3.8, 4) is 11.5 Å². The third-order valence-electron chi connectivity index (χ3n) is 5.41. The number of aliphatic hydroxyl groups excluding tert-OH is 1. The molecule has 1 aromatic rings. The van der Waals surface area contributed by atoms with Gasteiger partial charge in [0.25, 0.3) is 0 Å². The predicted molar refractivity (Wildman–Crippen MR) is 114 cm³/mol. The number of methoxy groups -OCH3 is 1. The molecule has 1 aromatic carbocycles. The third-order valence-corrected chi connectivity index (χ3v) is 5.41. The summed E-state index contributed by atoms with van der Waals surface area (Å²) >= 11 is 0. The molecule has 0 amide bonds. The minimum absolute atomic E-state index is 0.264. The average molecular weight is 394 g/mol. The molecule has 1 heterocycles. The van der Waals surface area contributed by atoms with Gasteiger partial charge >= 0.3 is 0 Å². The first-order chi connectivity index (χ1) is 13.7. The Morgan fingerprint density at radius 2 is 1.89 bits per heavy atom. The standard InChI is InChI=1S/C22H39N3O3/c1-4-24(5-2)17-20(26)18-28-21-10-9-19(15-22(21)27-3)16-23-11-14-25-12-7-6-8-13-25/h9-10,15,20,23,26H,4-8,11-14,16-18H2,1-3H3/t20-/m0/s1. The van der Waals surface area contributed by atoms with E-state index in [2.05, 4.69) is 35.0 Å². The molecule has 2 rings (SSSR count). The normalized spacial score (nSPS) is 16.3. The van der Waals surface area contributed by atoms with Crippen LogP contribution in [-0.4, -0.2) is 80.5 Å². The highest BCUT2D eigenvalue weighted by atomic mass is 16.5. The number of hydrogen-bond acceptors (Lipinski definition) is 6. The molecule has 0 aromatic heterocycles. The van der Waals surface area contributed by atoms with Crippen LogP contribution in [0.5, 0.6) is 11.5 Å². The fourth-order valence-electron chi connectivity index (χ4n) is 3.61. The molecular weight excluding hydrogens is 354 g/mol. The Balaban J connectivity index is 1.75. The summed E-state index contributed by atoms with van der Waals surface area (Å²) in [4.78, 5) is 4.72. The largest absolute Gasteiger partial charge is 0.493 e. The lowest BCUT2D eigenvalue weighted by atomic mass is 10.1. The van der Waals surface area contributed by atoms with Gasteiger partial charge in [-0.1, -0.05) is 26.3 Å². The van der Waals surface area contributed by atoms with Gasteiger partial charge in [-0.25, -0.2) is 0 Å². The smallest absolute Gasteiger partial charge is 0.161 e. The van der Waals surface area contributed by atoms with E-state index in [4.69, 9.17) is 9.47 Å². The van der Waals surface area contributed by atoms with Crippen LogP contribution in [0.2, 0.25) is 0 Å². The van der Waals surface area contributed by atoms with Gasteiger partial charge in [-0.05, 0) is 56.7 Å². The second-order valence-electron chi connectivity index (χ2n) is 7.51. The van der Waals surface area contributed by atoms with E-state index in [0.717, 1.165) is 32.7 Å². The summed E-state index contributed by atoms with van der Waals surface area (Å²) in [6.07, 6.45) is 3.54. The SMILES string of the molecule is CCN(CC)C[C@H](O)COc1ccc(CNCCN2CCCCC2)cc1OC. The van der Waals surface area contributed by atoms with Gasteiger partial charge in [-0.15, -0.1) is 0 Å². The number of likely N-dealkylation sites (tertiary alicyclic amines) is 1. The lowest BCUT2D eigenvalue weighted by Crippen LogP contribution is -2.35. The molecule has 0 spiro atoms. The second-order valence-corrected chi connectivity index (χ2v) is 7.51. The number of nitrogens with one attached hydrogen (secondary N) is 1. The molecule has 0 saturated carbocycles.